The Morgan fingerprint density at radius 1 is 1.17 bits per heavy atom. The largest absolute Gasteiger partial charge is 0.368 e. The van der Waals surface area contributed by atoms with Gasteiger partial charge in [0.2, 0.25) is 0 Å². The van der Waals surface area contributed by atoms with Crippen molar-refractivity contribution in [1.82, 2.24) is 20.4 Å². The Morgan fingerprint density at radius 2 is 2.00 bits per heavy atom. The molecule has 0 aliphatic carbocycles. The topological polar surface area (TPSA) is 77.4 Å². The van der Waals surface area contributed by atoms with Crippen LogP contribution in [0.2, 0.25) is 0 Å². The number of hydrazine groups is 1. The van der Waals surface area contributed by atoms with Crippen LogP contribution in [-0.4, -0.2) is 39.4 Å². The molecule has 1 unspecified atom stereocenters. The normalized spacial score (nSPS) is 20.6. The number of nitrogens with one attached hydrogen (secondary N) is 1. The minimum absolute atomic E-state index is 0.643. The molecule has 4 heterocycles. The monoisotopic (exact) mass is 310 g/mol. The van der Waals surface area contributed by atoms with E-state index in [0.717, 1.165) is 30.0 Å². The average molecular weight is 310 g/mol. The molecule has 4 rings (SSSR count). The first-order valence-corrected chi connectivity index (χ1v) is 7.74. The smallest absolute Gasteiger partial charge is 0.175 e. The molecule has 1 fully saturated rings. The summed E-state index contributed by atoms with van der Waals surface area (Å²) in [6.45, 7) is 2.04. The highest BCUT2D eigenvalue weighted by molar-refractivity contribution is 5.73. The maximum absolute atomic E-state index is 10.6. The van der Waals surface area contributed by atoms with Gasteiger partial charge in [0, 0.05) is 48.9 Å². The van der Waals surface area contributed by atoms with Gasteiger partial charge in [-0.25, -0.2) is 15.0 Å². The number of aromatic nitrogens is 3. The number of hydrogen-bond acceptors (Lipinski definition) is 7. The lowest BCUT2D eigenvalue weighted by Gasteiger charge is -2.24. The van der Waals surface area contributed by atoms with Crippen molar-refractivity contribution in [2.75, 3.05) is 23.0 Å². The lowest BCUT2D eigenvalue weighted by atomic mass is 10.1. The van der Waals surface area contributed by atoms with E-state index in [1.54, 1.807) is 29.9 Å². The molecule has 2 N–H and O–H groups in total. The zero-order chi connectivity index (χ0) is 15.6. The zero-order valence-electron chi connectivity index (χ0n) is 12.6. The second-order valence-electron chi connectivity index (χ2n) is 5.64. The number of nitrogens with zero attached hydrogens (tertiary/aromatic N) is 5. The molecule has 0 bridgehead atoms. The standard InChI is InChI=1S/C16H18N6O/c23-16-13(12-4-3-5-17-9-12)10-20-22(16)15-8-14(18-11-19-15)21-6-1-2-7-21/h3-5,8-11,16,20,23H,1-2,6-7H2. The fourth-order valence-electron chi connectivity index (χ4n) is 2.97. The predicted octanol–water partition coefficient (Wildman–Crippen LogP) is 1.16. The second kappa shape index (κ2) is 5.85. The molecular weight excluding hydrogens is 292 g/mol. The Bertz CT molecular complexity index is 714. The number of rotatable bonds is 3. The molecule has 2 aliphatic rings. The van der Waals surface area contributed by atoms with E-state index in [1.165, 1.54) is 12.8 Å². The summed E-state index contributed by atoms with van der Waals surface area (Å²) in [7, 11) is 0. The number of hydrogen-bond donors (Lipinski definition) is 2. The SMILES string of the molecule is OC1C(c2cccnc2)=CNN1c1cc(N2CCCC2)ncn1. The van der Waals surface area contributed by atoms with Crippen LogP contribution in [-0.2, 0) is 0 Å². The summed E-state index contributed by atoms with van der Waals surface area (Å²) in [5, 5.41) is 12.2. The Labute approximate surface area is 134 Å². The number of pyridine rings is 1. The van der Waals surface area contributed by atoms with E-state index >= 15 is 0 Å². The first-order valence-electron chi connectivity index (χ1n) is 7.74. The van der Waals surface area contributed by atoms with Crippen LogP contribution >= 0.6 is 0 Å². The molecule has 1 saturated heterocycles. The molecule has 7 nitrogen and oxygen atoms in total. The number of anilines is 2. The van der Waals surface area contributed by atoms with E-state index in [1.807, 2.05) is 18.2 Å². The van der Waals surface area contributed by atoms with Gasteiger partial charge < -0.3 is 15.4 Å². The van der Waals surface area contributed by atoms with Crippen LogP contribution in [0.25, 0.3) is 5.57 Å². The van der Waals surface area contributed by atoms with Crippen molar-refractivity contribution in [2.45, 2.75) is 19.1 Å². The molecule has 118 valence electrons. The lowest BCUT2D eigenvalue weighted by Crippen LogP contribution is -2.39. The highest BCUT2D eigenvalue weighted by atomic mass is 16.3. The summed E-state index contributed by atoms with van der Waals surface area (Å²) in [4.78, 5) is 15.0. The summed E-state index contributed by atoms with van der Waals surface area (Å²) in [6, 6.07) is 5.67. The Morgan fingerprint density at radius 3 is 2.78 bits per heavy atom. The summed E-state index contributed by atoms with van der Waals surface area (Å²) in [5.74, 6) is 1.54. The molecule has 0 saturated carbocycles. The first-order chi connectivity index (χ1) is 11.3. The van der Waals surface area contributed by atoms with Gasteiger partial charge in [0.15, 0.2) is 12.0 Å². The van der Waals surface area contributed by atoms with Crippen molar-refractivity contribution in [1.29, 1.82) is 0 Å². The van der Waals surface area contributed by atoms with E-state index in [2.05, 4.69) is 25.3 Å². The molecule has 2 aromatic heterocycles. The molecule has 0 radical (unpaired) electrons. The third kappa shape index (κ3) is 2.59. The van der Waals surface area contributed by atoms with Crippen LogP contribution in [0, 0.1) is 0 Å². The van der Waals surface area contributed by atoms with Gasteiger partial charge in [-0.3, -0.25) is 4.98 Å². The van der Waals surface area contributed by atoms with E-state index < -0.39 is 6.23 Å². The van der Waals surface area contributed by atoms with Crippen LogP contribution in [0.4, 0.5) is 11.6 Å². The lowest BCUT2D eigenvalue weighted by molar-refractivity contribution is 0.225. The van der Waals surface area contributed by atoms with Gasteiger partial charge in [-0.15, -0.1) is 0 Å². The third-order valence-electron chi connectivity index (χ3n) is 4.19. The van der Waals surface area contributed by atoms with Gasteiger partial charge in [-0.1, -0.05) is 6.07 Å². The van der Waals surface area contributed by atoms with E-state index in [9.17, 15) is 5.11 Å². The van der Waals surface area contributed by atoms with Crippen molar-refractivity contribution >= 4 is 17.2 Å². The summed E-state index contributed by atoms with van der Waals surface area (Å²) in [5.41, 5.74) is 4.72. The van der Waals surface area contributed by atoms with Gasteiger partial charge in [-0.2, -0.15) is 0 Å². The molecular formula is C16H18N6O. The fourth-order valence-corrected chi connectivity index (χ4v) is 2.97. The van der Waals surface area contributed by atoms with E-state index in [0.29, 0.717) is 5.82 Å². The molecule has 1 atom stereocenters. The van der Waals surface area contributed by atoms with Crippen LogP contribution in [0.3, 0.4) is 0 Å². The first kappa shape index (κ1) is 14.0. The summed E-state index contributed by atoms with van der Waals surface area (Å²) in [6.07, 6.45) is 8.33. The van der Waals surface area contributed by atoms with Crippen LogP contribution in [0.1, 0.15) is 18.4 Å². The van der Waals surface area contributed by atoms with Crippen molar-refractivity contribution in [3.05, 3.63) is 48.7 Å². The minimum atomic E-state index is -0.819. The highest BCUT2D eigenvalue weighted by Gasteiger charge is 2.28. The van der Waals surface area contributed by atoms with Crippen molar-refractivity contribution in [3.8, 4) is 0 Å². The maximum atomic E-state index is 10.6. The number of aliphatic hydroxyl groups is 1. The maximum Gasteiger partial charge on any atom is 0.175 e. The Hall–Kier alpha value is -2.67. The van der Waals surface area contributed by atoms with Crippen LogP contribution in [0.15, 0.2) is 43.1 Å². The second-order valence-corrected chi connectivity index (χ2v) is 5.64. The fraction of sp³-hybridized carbons (Fsp3) is 0.312. The quantitative estimate of drug-likeness (QED) is 0.880. The van der Waals surface area contributed by atoms with Gasteiger partial charge in [0.1, 0.15) is 12.1 Å². The van der Waals surface area contributed by atoms with E-state index in [4.69, 9.17) is 0 Å². The van der Waals surface area contributed by atoms with Gasteiger partial charge in [0.05, 0.1) is 0 Å². The molecule has 7 heteroatoms. The molecule has 23 heavy (non-hydrogen) atoms. The molecule has 0 aromatic carbocycles. The average Bonchev–Trinajstić information content (AvgIpc) is 3.26. The van der Waals surface area contributed by atoms with Gasteiger partial charge in [0.25, 0.3) is 0 Å². The third-order valence-corrected chi connectivity index (χ3v) is 4.19. The van der Waals surface area contributed by atoms with Crippen LogP contribution in [0.5, 0.6) is 0 Å². The zero-order valence-corrected chi connectivity index (χ0v) is 12.6. The van der Waals surface area contributed by atoms with Crippen molar-refractivity contribution < 1.29 is 5.11 Å². The van der Waals surface area contributed by atoms with E-state index in [-0.39, 0.29) is 0 Å². The van der Waals surface area contributed by atoms with Crippen LogP contribution < -0.4 is 15.3 Å². The number of aliphatic hydroxyl groups excluding tert-OH is 1. The molecule has 0 spiro atoms. The van der Waals surface area contributed by atoms with Crippen molar-refractivity contribution in [2.24, 2.45) is 0 Å². The summed E-state index contributed by atoms with van der Waals surface area (Å²) >= 11 is 0. The Kier molecular flexibility index (Phi) is 3.55. The molecule has 2 aromatic rings. The highest BCUT2D eigenvalue weighted by Crippen LogP contribution is 2.28. The molecule has 0 amide bonds. The van der Waals surface area contributed by atoms with Gasteiger partial charge >= 0.3 is 0 Å². The predicted molar refractivity (Wildman–Crippen MR) is 87.3 cm³/mol. The minimum Gasteiger partial charge on any atom is -0.368 e. The van der Waals surface area contributed by atoms with Crippen molar-refractivity contribution in [3.63, 3.8) is 0 Å². The van der Waals surface area contributed by atoms with Gasteiger partial charge in [-0.05, 0) is 18.9 Å². The Balaban J connectivity index is 1.57. The summed E-state index contributed by atoms with van der Waals surface area (Å²) < 4.78 is 0. The molecule has 2 aliphatic heterocycles.